The van der Waals surface area contributed by atoms with Gasteiger partial charge in [-0.3, -0.25) is 4.79 Å². The van der Waals surface area contributed by atoms with E-state index >= 15 is 0 Å². The molecule has 0 spiro atoms. The largest absolute Gasteiger partial charge is 0.416 e. The molecular formula is C32H32F3N9O2. The van der Waals surface area contributed by atoms with Crippen LogP contribution in [0, 0.1) is 16.7 Å². The van der Waals surface area contributed by atoms with E-state index in [9.17, 15) is 28.0 Å². The Morgan fingerprint density at radius 1 is 1.07 bits per heavy atom. The average Bonchev–Trinajstić information content (AvgIpc) is 3.40. The highest BCUT2D eigenvalue weighted by Crippen LogP contribution is 2.35. The van der Waals surface area contributed by atoms with Gasteiger partial charge in [0.2, 0.25) is 0 Å². The Morgan fingerprint density at radius 3 is 2.46 bits per heavy atom. The molecule has 46 heavy (non-hydrogen) atoms. The van der Waals surface area contributed by atoms with Crippen LogP contribution in [0.3, 0.4) is 0 Å². The number of urea groups is 1. The quantitative estimate of drug-likeness (QED) is 0.170. The van der Waals surface area contributed by atoms with Gasteiger partial charge in [0.15, 0.2) is 5.65 Å². The summed E-state index contributed by atoms with van der Waals surface area (Å²) in [6.45, 7) is 6.62. The zero-order chi connectivity index (χ0) is 33.2. The van der Waals surface area contributed by atoms with E-state index in [0.717, 1.165) is 18.6 Å². The molecule has 1 unspecified atom stereocenters. The Bertz CT molecular complexity index is 1850. The van der Waals surface area contributed by atoms with Gasteiger partial charge in [0, 0.05) is 30.0 Å². The first-order valence-electron chi connectivity index (χ1n) is 14.5. The Labute approximate surface area is 262 Å². The third kappa shape index (κ3) is 7.09. The number of nitrogens with two attached hydrogens (primary N) is 1. The number of amides is 3. The number of piperidine rings is 1. The number of allylic oxidation sites excluding steroid dienone is 1. The number of hydrogen-bond acceptors (Lipinski definition) is 7. The molecule has 0 aliphatic carbocycles. The van der Waals surface area contributed by atoms with Crippen molar-refractivity contribution in [3.8, 4) is 17.3 Å². The zero-order valence-electron chi connectivity index (χ0n) is 25.4. The summed E-state index contributed by atoms with van der Waals surface area (Å²) in [5.74, 6) is -0.106. The van der Waals surface area contributed by atoms with Gasteiger partial charge in [0.05, 0.1) is 17.0 Å². The number of alkyl halides is 3. The van der Waals surface area contributed by atoms with E-state index in [1.807, 2.05) is 26.8 Å². The lowest BCUT2D eigenvalue weighted by atomic mass is 9.93. The van der Waals surface area contributed by atoms with Crippen LogP contribution in [0.4, 0.5) is 35.2 Å². The molecule has 1 aliphatic rings. The second-order valence-corrected chi connectivity index (χ2v) is 12.1. The third-order valence-corrected chi connectivity index (χ3v) is 7.34. The second kappa shape index (κ2) is 12.5. The SMILES string of the molecule is CC(C)(C)C=C(C#N)C(=O)N1CCCC(n2nc(-c3ccc(NC(=O)Nc4cccc(C(F)(F)F)c4)cc3)c3c(N)ncnc32)C1. The van der Waals surface area contributed by atoms with Gasteiger partial charge in [0.25, 0.3) is 5.91 Å². The van der Waals surface area contributed by atoms with Crippen LogP contribution in [0.2, 0.25) is 0 Å². The number of rotatable bonds is 5. The van der Waals surface area contributed by atoms with Crippen LogP contribution in [0.15, 0.2) is 66.5 Å². The van der Waals surface area contributed by atoms with Gasteiger partial charge in [-0.15, -0.1) is 0 Å². The Kier molecular flexibility index (Phi) is 8.69. The van der Waals surface area contributed by atoms with Crippen molar-refractivity contribution in [1.82, 2.24) is 24.6 Å². The highest BCUT2D eigenvalue weighted by atomic mass is 19.4. The number of nitriles is 1. The molecule has 1 aliphatic heterocycles. The summed E-state index contributed by atoms with van der Waals surface area (Å²) in [6, 6.07) is 12.1. The van der Waals surface area contributed by atoms with Crippen molar-refractivity contribution in [3.05, 3.63) is 72.1 Å². The summed E-state index contributed by atoms with van der Waals surface area (Å²) in [7, 11) is 0. The van der Waals surface area contributed by atoms with Crippen LogP contribution in [-0.4, -0.2) is 49.7 Å². The molecule has 4 N–H and O–H groups in total. The van der Waals surface area contributed by atoms with Crippen molar-refractivity contribution in [3.63, 3.8) is 0 Å². The lowest BCUT2D eigenvalue weighted by molar-refractivity contribution is -0.137. The molecule has 1 saturated heterocycles. The number of halogens is 3. The number of aromatic nitrogens is 4. The molecule has 14 heteroatoms. The highest BCUT2D eigenvalue weighted by molar-refractivity contribution is 6.01. The first kappa shape index (κ1) is 32.0. The maximum atomic E-state index is 13.3. The number of anilines is 3. The third-order valence-electron chi connectivity index (χ3n) is 7.34. The Morgan fingerprint density at radius 2 is 1.78 bits per heavy atom. The highest BCUT2D eigenvalue weighted by Gasteiger charge is 2.31. The van der Waals surface area contributed by atoms with Gasteiger partial charge in [-0.05, 0) is 48.6 Å². The Hall–Kier alpha value is -5.45. The molecule has 0 saturated carbocycles. The van der Waals surface area contributed by atoms with Gasteiger partial charge in [-0.25, -0.2) is 19.4 Å². The minimum atomic E-state index is -4.53. The van der Waals surface area contributed by atoms with Crippen molar-refractivity contribution >= 4 is 40.2 Å². The van der Waals surface area contributed by atoms with Crippen molar-refractivity contribution in [1.29, 1.82) is 5.26 Å². The van der Waals surface area contributed by atoms with Crippen LogP contribution < -0.4 is 16.4 Å². The molecule has 4 aromatic rings. The van der Waals surface area contributed by atoms with Gasteiger partial charge < -0.3 is 21.3 Å². The fourth-order valence-corrected chi connectivity index (χ4v) is 5.31. The number of carbonyl (C=O) groups excluding carboxylic acids is 2. The first-order chi connectivity index (χ1) is 21.7. The predicted octanol–water partition coefficient (Wildman–Crippen LogP) is 6.40. The molecule has 0 radical (unpaired) electrons. The summed E-state index contributed by atoms with van der Waals surface area (Å²) >= 11 is 0. The molecule has 2 aromatic heterocycles. The van der Waals surface area contributed by atoms with Crippen LogP contribution >= 0.6 is 0 Å². The number of nitrogen functional groups attached to an aromatic ring is 1. The number of fused-ring (bicyclic) bond motifs is 1. The van der Waals surface area contributed by atoms with Gasteiger partial charge in [-0.2, -0.15) is 23.5 Å². The zero-order valence-corrected chi connectivity index (χ0v) is 25.4. The molecule has 1 fully saturated rings. The first-order valence-corrected chi connectivity index (χ1v) is 14.5. The van der Waals surface area contributed by atoms with E-state index in [4.69, 9.17) is 10.8 Å². The lowest BCUT2D eigenvalue weighted by Gasteiger charge is -2.33. The summed E-state index contributed by atoms with van der Waals surface area (Å²) in [5, 5.41) is 20.1. The average molecular weight is 632 g/mol. The van der Waals surface area contributed by atoms with Crippen LogP contribution in [0.5, 0.6) is 0 Å². The molecule has 5 rings (SSSR count). The number of hydrogen-bond donors (Lipinski definition) is 3. The number of nitrogens with one attached hydrogen (secondary N) is 2. The fourth-order valence-electron chi connectivity index (χ4n) is 5.31. The van der Waals surface area contributed by atoms with Crippen molar-refractivity contribution in [2.45, 2.75) is 45.8 Å². The summed E-state index contributed by atoms with van der Waals surface area (Å²) in [5.41, 5.74) is 7.21. The summed E-state index contributed by atoms with van der Waals surface area (Å²) in [6.07, 6.45) is -0.0831. The van der Waals surface area contributed by atoms with Crippen LogP contribution in [0.1, 0.15) is 45.2 Å². The summed E-state index contributed by atoms with van der Waals surface area (Å²) < 4.78 is 40.8. The molecule has 2 aromatic carbocycles. The van der Waals surface area contributed by atoms with E-state index in [-0.39, 0.29) is 34.4 Å². The normalized spacial score (nSPS) is 15.8. The van der Waals surface area contributed by atoms with E-state index in [2.05, 4.69) is 20.6 Å². The standard InChI is InChI=1S/C32H32F3N9O2/c1-31(2,3)15-20(16-36)29(45)43-13-5-8-24(17-43)44-28-25(27(37)38-18-39-28)26(42-44)19-9-11-22(12-10-19)40-30(46)41-23-7-4-6-21(14-23)32(33,34)35/h4,6-7,9-12,14-15,18,24H,5,8,13,17H2,1-3H3,(H2,37,38,39)(H2,40,41,46). The van der Waals surface area contributed by atoms with Crippen molar-refractivity contribution < 1.29 is 22.8 Å². The van der Waals surface area contributed by atoms with Gasteiger partial charge in [-0.1, -0.05) is 45.0 Å². The predicted molar refractivity (Wildman–Crippen MR) is 167 cm³/mol. The number of nitrogens with zero attached hydrogens (tertiary/aromatic N) is 6. The minimum absolute atomic E-state index is 0.00604. The van der Waals surface area contributed by atoms with Crippen LogP contribution in [0.25, 0.3) is 22.3 Å². The smallest absolute Gasteiger partial charge is 0.383 e. The monoisotopic (exact) mass is 631 g/mol. The molecule has 0 bridgehead atoms. The molecule has 238 valence electrons. The van der Waals surface area contributed by atoms with Crippen LogP contribution in [-0.2, 0) is 11.0 Å². The molecule has 3 amide bonds. The molecular weight excluding hydrogens is 599 g/mol. The van der Waals surface area contributed by atoms with Crippen molar-refractivity contribution in [2.24, 2.45) is 5.41 Å². The maximum Gasteiger partial charge on any atom is 0.416 e. The Balaban J connectivity index is 1.37. The number of benzene rings is 2. The summed E-state index contributed by atoms with van der Waals surface area (Å²) in [4.78, 5) is 36.0. The van der Waals surface area contributed by atoms with E-state index in [1.54, 1.807) is 39.9 Å². The molecule has 3 heterocycles. The van der Waals surface area contributed by atoms with Gasteiger partial charge in [0.1, 0.15) is 29.5 Å². The second-order valence-electron chi connectivity index (χ2n) is 12.1. The van der Waals surface area contributed by atoms with E-state index in [1.165, 1.54) is 18.5 Å². The van der Waals surface area contributed by atoms with E-state index in [0.29, 0.717) is 47.5 Å². The fraction of sp³-hybridized carbons (Fsp3) is 0.312. The number of carbonyl (C=O) groups is 2. The topological polar surface area (TPSA) is 155 Å². The number of likely N-dealkylation sites (tertiary alicyclic amines) is 1. The molecule has 1 atom stereocenters. The van der Waals surface area contributed by atoms with Crippen molar-refractivity contribution in [2.75, 3.05) is 29.5 Å². The lowest BCUT2D eigenvalue weighted by Crippen LogP contribution is -2.41. The maximum absolute atomic E-state index is 13.3. The molecule has 11 nitrogen and oxygen atoms in total. The minimum Gasteiger partial charge on any atom is -0.383 e. The van der Waals surface area contributed by atoms with Gasteiger partial charge >= 0.3 is 12.2 Å². The van der Waals surface area contributed by atoms with E-state index < -0.39 is 17.8 Å².